The Labute approximate surface area is 360 Å². The van der Waals surface area contributed by atoms with E-state index in [0.29, 0.717) is 0 Å². The molecule has 0 saturated carbocycles. The van der Waals surface area contributed by atoms with Crippen LogP contribution in [0, 0.1) is 0 Å². The molecule has 0 atom stereocenters. The summed E-state index contributed by atoms with van der Waals surface area (Å²) in [5.41, 5.74) is -2.94. The number of anilines is 2. The van der Waals surface area contributed by atoms with Crippen LogP contribution >= 0.6 is 0 Å². The molecule has 0 aromatic heterocycles. The maximum absolute atomic E-state index is 13.1. The van der Waals surface area contributed by atoms with Gasteiger partial charge in [0.25, 0.3) is 20.2 Å². The number of carbonyl (C=O) groups excluding carboxylic acids is 1. The van der Waals surface area contributed by atoms with Gasteiger partial charge in [-0.05, 0) is 59.3 Å². The van der Waals surface area contributed by atoms with E-state index in [9.17, 15) is 60.8 Å². The van der Waals surface area contributed by atoms with Crippen LogP contribution in [0.3, 0.4) is 0 Å². The van der Waals surface area contributed by atoms with Crippen LogP contribution < -0.4 is 29.6 Å². The third kappa shape index (κ3) is 9.21. The number of carboxylic acids is 2. The van der Waals surface area contributed by atoms with Crippen LogP contribution in [0.15, 0.2) is 103 Å². The van der Waals surface area contributed by atoms with Gasteiger partial charge in [0.1, 0.15) is 32.5 Å². The minimum absolute atomic E-state index is 0.0270. The average molecular weight is 921 g/mol. The number of rotatable bonds is 14. The molecule has 332 valence electrons. The van der Waals surface area contributed by atoms with E-state index in [1.807, 2.05) is 0 Å². The molecule has 0 spiro atoms. The summed E-state index contributed by atoms with van der Waals surface area (Å²) in [5, 5.41) is 61.7. The fraction of sp³-hybridized carbons (Fsp3) is 0.103. The molecule has 2 amide bonds. The van der Waals surface area contributed by atoms with Crippen molar-refractivity contribution in [1.82, 2.24) is 0 Å². The first-order chi connectivity index (χ1) is 30.2. The Morgan fingerprint density at radius 3 is 1.17 bits per heavy atom. The number of carboxylic acid groups (broad SMARTS) is 2. The van der Waals surface area contributed by atoms with Gasteiger partial charge in [0, 0.05) is 46.4 Å². The second-order valence-electron chi connectivity index (χ2n) is 13.0. The van der Waals surface area contributed by atoms with Gasteiger partial charge in [0.15, 0.2) is 34.5 Å². The Morgan fingerprint density at radius 2 is 0.859 bits per heavy atom. The minimum Gasteiger partial charge on any atom is -0.505 e. The lowest BCUT2D eigenvalue weighted by Gasteiger charge is -2.13. The lowest BCUT2D eigenvalue weighted by Crippen LogP contribution is -2.19. The number of amides is 2. The number of ether oxygens (including phenoxy) is 4. The molecular formula is C39H32N6O17S2. The van der Waals surface area contributed by atoms with Crippen molar-refractivity contribution in [3.8, 4) is 34.5 Å². The number of hydrogen-bond acceptors (Lipinski definition) is 17. The topological polar surface area (TPSA) is 351 Å². The first kappa shape index (κ1) is 45.4. The number of nitrogens with zero attached hydrogens (tertiary/aromatic N) is 4. The quantitative estimate of drug-likeness (QED) is 0.0381. The van der Waals surface area contributed by atoms with Gasteiger partial charge < -0.3 is 50.0 Å². The second kappa shape index (κ2) is 17.7. The van der Waals surface area contributed by atoms with Crippen LogP contribution in [0.25, 0.3) is 21.5 Å². The highest BCUT2D eigenvalue weighted by Gasteiger charge is 2.25. The lowest BCUT2D eigenvalue weighted by atomic mass is 10.1. The van der Waals surface area contributed by atoms with E-state index in [-0.39, 0.29) is 67.3 Å². The molecular weight excluding hydrogens is 889 g/mol. The highest BCUT2D eigenvalue weighted by atomic mass is 32.2. The van der Waals surface area contributed by atoms with E-state index < -0.39 is 82.0 Å². The molecule has 0 aliphatic carbocycles. The summed E-state index contributed by atoms with van der Waals surface area (Å²) >= 11 is 0. The summed E-state index contributed by atoms with van der Waals surface area (Å²) in [6.07, 6.45) is 0. The number of aromatic hydroxyl groups is 2. The Hall–Kier alpha value is -8.13. The third-order valence-corrected chi connectivity index (χ3v) is 10.9. The van der Waals surface area contributed by atoms with Crippen LogP contribution in [0.4, 0.5) is 38.9 Å². The van der Waals surface area contributed by atoms with Crippen molar-refractivity contribution in [2.24, 2.45) is 20.5 Å². The monoisotopic (exact) mass is 920 g/mol. The number of aromatic carboxylic acids is 2. The van der Waals surface area contributed by atoms with Crippen LogP contribution in [0.5, 0.6) is 34.5 Å². The number of phenols is 2. The Kier molecular flexibility index (Phi) is 12.5. The van der Waals surface area contributed by atoms with Gasteiger partial charge in [-0.2, -0.15) is 16.8 Å². The number of urea groups is 1. The van der Waals surface area contributed by atoms with Crippen molar-refractivity contribution in [1.29, 1.82) is 0 Å². The lowest BCUT2D eigenvalue weighted by molar-refractivity contribution is 0.0686. The fourth-order valence-corrected chi connectivity index (χ4v) is 7.51. The van der Waals surface area contributed by atoms with Gasteiger partial charge in [-0.25, -0.2) is 14.4 Å². The Morgan fingerprint density at radius 1 is 0.516 bits per heavy atom. The Bertz CT molecular complexity index is 3020. The summed E-state index contributed by atoms with van der Waals surface area (Å²) in [7, 11) is -5.17. The van der Waals surface area contributed by atoms with Crippen molar-refractivity contribution < 1.29 is 79.7 Å². The van der Waals surface area contributed by atoms with E-state index in [1.165, 1.54) is 64.8 Å². The summed E-state index contributed by atoms with van der Waals surface area (Å²) in [4.78, 5) is 35.1. The number of azo groups is 2. The first-order valence-electron chi connectivity index (χ1n) is 17.6. The molecule has 0 aliphatic heterocycles. The molecule has 0 aliphatic rings. The maximum Gasteiger partial charge on any atom is 0.338 e. The van der Waals surface area contributed by atoms with Crippen LogP contribution in [0.1, 0.15) is 20.7 Å². The van der Waals surface area contributed by atoms with Crippen molar-refractivity contribution in [3.05, 3.63) is 83.9 Å². The minimum atomic E-state index is -5.13. The van der Waals surface area contributed by atoms with Gasteiger partial charge in [0.2, 0.25) is 0 Å². The summed E-state index contributed by atoms with van der Waals surface area (Å²) in [5.74, 6) is -4.30. The van der Waals surface area contributed by atoms with Crippen molar-refractivity contribution in [3.63, 3.8) is 0 Å². The van der Waals surface area contributed by atoms with E-state index in [0.717, 1.165) is 36.4 Å². The van der Waals surface area contributed by atoms with Crippen molar-refractivity contribution in [2.45, 2.75) is 9.79 Å². The number of methoxy groups -OCH3 is 4. The van der Waals surface area contributed by atoms with Crippen LogP contribution in [0.2, 0.25) is 0 Å². The number of fused-ring (bicyclic) bond motifs is 2. The predicted molar refractivity (Wildman–Crippen MR) is 225 cm³/mol. The highest BCUT2D eigenvalue weighted by molar-refractivity contribution is 7.86. The smallest absolute Gasteiger partial charge is 0.338 e. The molecule has 0 radical (unpaired) electrons. The number of hydrogen-bond donors (Lipinski definition) is 8. The van der Waals surface area contributed by atoms with Crippen LogP contribution in [-0.2, 0) is 20.2 Å². The zero-order chi connectivity index (χ0) is 46.8. The van der Waals surface area contributed by atoms with Gasteiger partial charge in [0.05, 0.1) is 39.6 Å². The van der Waals surface area contributed by atoms with Gasteiger partial charge in [-0.3, -0.25) is 9.11 Å². The molecule has 0 saturated heterocycles. The maximum atomic E-state index is 13.1. The molecule has 8 N–H and O–H groups in total. The normalized spacial score (nSPS) is 11.8. The van der Waals surface area contributed by atoms with E-state index in [1.54, 1.807) is 0 Å². The van der Waals surface area contributed by atoms with Gasteiger partial charge in [-0.15, -0.1) is 20.5 Å². The van der Waals surface area contributed by atoms with Crippen LogP contribution in [-0.4, -0.2) is 92.8 Å². The molecule has 64 heavy (non-hydrogen) atoms. The summed E-state index contributed by atoms with van der Waals surface area (Å²) in [6, 6.07) is 13.0. The molecule has 6 aromatic rings. The van der Waals surface area contributed by atoms with E-state index in [2.05, 4.69) is 31.1 Å². The number of nitrogens with one attached hydrogen (secondary N) is 2. The molecule has 0 fully saturated rings. The highest BCUT2D eigenvalue weighted by Crippen LogP contribution is 2.45. The number of phenolic OH excluding ortho intramolecular Hbond substituents is 2. The zero-order valence-corrected chi connectivity index (χ0v) is 34.8. The molecule has 6 aromatic carbocycles. The van der Waals surface area contributed by atoms with Gasteiger partial charge >= 0.3 is 18.0 Å². The molecule has 23 nitrogen and oxygen atoms in total. The van der Waals surface area contributed by atoms with E-state index in [4.69, 9.17) is 18.9 Å². The fourth-order valence-electron chi connectivity index (χ4n) is 6.19. The summed E-state index contributed by atoms with van der Waals surface area (Å²) in [6.45, 7) is 0. The van der Waals surface area contributed by atoms with E-state index >= 15 is 0 Å². The molecule has 0 heterocycles. The molecule has 25 heteroatoms. The largest absolute Gasteiger partial charge is 0.505 e. The molecule has 6 rings (SSSR count). The van der Waals surface area contributed by atoms with Gasteiger partial charge in [-0.1, -0.05) is 0 Å². The third-order valence-electron chi connectivity index (χ3n) is 9.15. The summed E-state index contributed by atoms with van der Waals surface area (Å²) < 4.78 is 90.7. The predicted octanol–water partition coefficient (Wildman–Crippen LogP) is 7.80. The SMILES string of the molecule is COc1cc(N=Nc2c(S(=O)(=O)O)cc3cc(NC(=O)Nc4ccc5c(O)c(N=Nc6cc(OC)c(OC)cc6C(=O)O)c(S(=O)(=O)O)cc5c4)ccc3c2O)c(C(=O)O)cc1OC. The first-order valence-corrected chi connectivity index (χ1v) is 20.5. The standard InChI is InChI=1S/C39H32N6O17S2/c1-59-27-13-23(37(48)49)25(15-29(27)61-3)42-44-33-31(63(53,54)55)11-17-9-19(5-7-21(17)35(33)46)40-39(52)41-20-6-8-22-18(10-20)12-32(64(56,57)58)34(36(22)47)45-43-26-16-30(62-4)28(60-2)14-24(26)38(50)51/h5-16,46-47H,1-4H3,(H,48,49)(H,50,51)(H2,40,41,52)(H,53,54,55)(H,56,57,58). The second-order valence-corrected chi connectivity index (χ2v) is 15.8. The van der Waals surface area contributed by atoms with Crippen molar-refractivity contribution in [2.75, 3.05) is 39.1 Å². The number of carbonyl (C=O) groups is 3. The Balaban J connectivity index is 1.30. The average Bonchev–Trinajstić information content (AvgIpc) is 3.23. The molecule has 0 unspecified atom stereocenters. The number of benzene rings is 6. The zero-order valence-electron chi connectivity index (χ0n) is 33.2. The molecule has 0 bridgehead atoms. The van der Waals surface area contributed by atoms with Crippen molar-refractivity contribution >= 4 is 93.9 Å².